The fraction of sp³-hybridized carbons (Fsp3) is 0.280. The van der Waals surface area contributed by atoms with Crippen LogP contribution >= 0.6 is 0 Å². The van der Waals surface area contributed by atoms with E-state index in [9.17, 15) is 13.9 Å². The van der Waals surface area contributed by atoms with E-state index in [1.807, 2.05) is 42.0 Å². The molecule has 3 aliphatic rings. The van der Waals surface area contributed by atoms with E-state index in [1.54, 1.807) is 4.90 Å². The second-order valence-corrected chi connectivity index (χ2v) is 8.72. The van der Waals surface area contributed by atoms with Crippen LogP contribution in [-0.2, 0) is 17.2 Å². The molecule has 0 saturated carbocycles. The van der Waals surface area contributed by atoms with Gasteiger partial charge in [0.15, 0.2) is 11.7 Å². The van der Waals surface area contributed by atoms with Gasteiger partial charge >= 0.3 is 0 Å². The number of aromatic nitrogens is 2. The van der Waals surface area contributed by atoms with Gasteiger partial charge in [0.05, 0.1) is 11.4 Å². The summed E-state index contributed by atoms with van der Waals surface area (Å²) in [5.74, 6) is 0.703. The highest BCUT2D eigenvalue weighted by Gasteiger charge is 2.49. The number of halogens is 2. The minimum absolute atomic E-state index is 0.182. The zero-order valence-corrected chi connectivity index (χ0v) is 18.5. The summed E-state index contributed by atoms with van der Waals surface area (Å²) < 4.78 is 35.9. The third-order valence-corrected chi connectivity index (χ3v) is 6.46. The number of hydrogen-bond acceptors (Lipinski definition) is 6. The fourth-order valence-electron chi connectivity index (χ4n) is 4.91. The Morgan fingerprint density at radius 3 is 2.79 bits per heavy atom. The van der Waals surface area contributed by atoms with E-state index in [4.69, 9.17) is 9.57 Å². The summed E-state index contributed by atoms with van der Waals surface area (Å²) in [7, 11) is 0. The average molecular weight is 464 g/mol. The molecule has 3 aliphatic heterocycles. The second kappa shape index (κ2) is 7.66. The van der Waals surface area contributed by atoms with Crippen LogP contribution in [-0.4, -0.2) is 38.5 Å². The van der Waals surface area contributed by atoms with Crippen LogP contribution in [0.15, 0.2) is 53.3 Å². The lowest BCUT2D eigenvalue weighted by molar-refractivity contribution is -0.137. The number of oxime groups is 1. The maximum atomic E-state index is 13.9. The summed E-state index contributed by atoms with van der Waals surface area (Å²) in [6.07, 6.45) is 5.52. The van der Waals surface area contributed by atoms with Crippen molar-refractivity contribution >= 4 is 11.9 Å². The highest BCUT2D eigenvalue weighted by atomic mass is 19.1. The lowest BCUT2D eigenvalue weighted by Gasteiger charge is -2.38. The molecule has 0 amide bonds. The van der Waals surface area contributed by atoms with Crippen LogP contribution in [0.5, 0.6) is 5.75 Å². The van der Waals surface area contributed by atoms with Gasteiger partial charge in [-0.2, -0.15) is 0 Å². The van der Waals surface area contributed by atoms with Gasteiger partial charge in [0.2, 0.25) is 0 Å². The molecular formula is C25H22F2N4O3. The van der Waals surface area contributed by atoms with Crippen molar-refractivity contribution < 1.29 is 23.5 Å². The predicted octanol–water partition coefficient (Wildman–Crippen LogP) is 4.02. The number of ether oxygens (including phenoxy) is 1. The Morgan fingerprint density at radius 2 is 2.00 bits per heavy atom. The van der Waals surface area contributed by atoms with Crippen molar-refractivity contribution in [1.29, 1.82) is 0 Å². The first-order chi connectivity index (χ1) is 16.5. The van der Waals surface area contributed by atoms with Crippen molar-refractivity contribution in [2.45, 2.75) is 32.1 Å². The topological polar surface area (TPSA) is 72.1 Å². The third kappa shape index (κ3) is 3.19. The molecule has 4 heterocycles. The van der Waals surface area contributed by atoms with Gasteiger partial charge in [-0.15, -0.1) is 0 Å². The van der Waals surface area contributed by atoms with E-state index in [0.717, 1.165) is 53.0 Å². The summed E-state index contributed by atoms with van der Waals surface area (Å²) in [5.41, 5.74) is 2.42. The summed E-state index contributed by atoms with van der Waals surface area (Å²) in [5, 5.41) is 14.5. The number of aryl methyl sites for hydroxylation is 1. The fourth-order valence-corrected chi connectivity index (χ4v) is 4.91. The van der Waals surface area contributed by atoms with Crippen molar-refractivity contribution in [2.75, 3.05) is 13.2 Å². The number of aliphatic hydroxyl groups is 1. The van der Waals surface area contributed by atoms with E-state index in [0.29, 0.717) is 19.0 Å². The molecule has 1 saturated heterocycles. The molecule has 0 bridgehead atoms. The van der Waals surface area contributed by atoms with Gasteiger partial charge in [-0.3, -0.25) is 4.57 Å². The molecule has 6 rings (SSSR count). The molecule has 174 valence electrons. The number of fused-ring (bicyclic) bond motifs is 4. The Labute approximate surface area is 194 Å². The molecule has 1 fully saturated rings. The summed E-state index contributed by atoms with van der Waals surface area (Å²) in [4.78, 5) is 12.0. The monoisotopic (exact) mass is 464 g/mol. The Morgan fingerprint density at radius 1 is 1.18 bits per heavy atom. The smallest absolute Gasteiger partial charge is 0.260 e. The van der Waals surface area contributed by atoms with Crippen LogP contribution in [0.3, 0.4) is 0 Å². The van der Waals surface area contributed by atoms with Crippen LogP contribution < -0.4 is 4.74 Å². The van der Waals surface area contributed by atoms with E-state index in [-0.39, 0.29) is 5.56 Å². The van der Waals surface area contributed by atoms with Crippen molar-refractivity contribution in [3.63, 3.8) is 0 Å². The Kier molecular flexibility index (Phi) is 4.70. The van der Waals surface area contributed by atoms with E-state index < -0.39 is 24.0 Å². The summed E-state index contributed by atoms with van der Waals surface area (Å²) >= 11 is 0. The summed E-state index contributed by atoms with van der Waals surface area (Å²) in [6, 6.07) is 9.09. The first-order valence-electron chi connectivity index (χ1n) is 11.1. The van der Waals surface area contributed by atoms with Gasteiger partial charge in [0.1, 0.15) is 30.6 Å². The van der Waals surface area contributed by atoms with Gasteiger partial charge in [0, 0.05) is 24.4 Å². The molecule has 34 heavy (non-hydrogen) atoms. The normalized spacial score (nSPS) is 21.9. The van der Waals surface area contributed by atoms with Gasteiger partial charge in [-0.1, -0.05) is 11.2 Å². The molecule has 0 radical (unpaired) electrons. The minimum atomic E-state index is -1.47. The highest BCUT2D eigenvalue weighted by Crippen LogP contribution is 2.41. The third-order valence-electron chi connectivity index (χ3n) is 6.46. The van der Waals surface area contributed by atoms with E-state index in [2.05, 4.69) is 10.1 Å². The molecule has 9 heteroatoms. The van der Waals surface area contributed by atoms with Crippen LogP contribution in [0.1, 0.15) is 35.5 Å². The van der Waals surface area contributed by atoms with Crippen LogP contribution in [0.2, 0.25) is 0 Å². The van der Waals surface area contributed by atoms with E-state index in [1.165, 1.54) is 12.1 Å². The molecule has 7 nitrogen and oxygen atoms in total. The number of aliphatic hydroxyl groups excluding tert-OH is 1. The van der Waals surface area contributed by atoms with Gasteiger partial charge in [-0.05, 0) is 61.2 Å². The summed E-state index contributed by atoms with van der Waals surface area (Å²) in [6.45, 7) is 2.38. The Balaban J connectivity index is 1.34. The Bertz CT molecular complexity index is 1350. The van der Waals surface area contributed by atoms with Crippen LogP contribution in [0, 0.1) is 18.6 Å². The number of nitrogens with zero attached hydrogens (tertiary/aromatic N) is 4. The zero-order chi connectivity index (χ0) is 23.4. The number of rotatable bonds is 3. The van der Waals surface area contributed by atoms with Crippen molar-refractivity contribution in [3.8, 4) is 11.4 Å². The number of benzene rings is 2. The standard InChI is InChI=1S/C25H22F2N4O3/c1-15-12-30-21-5-4-16(8-22(21)33-13-23(30)28-15)7-17-3-2-6-31-24(17)29-34-25(31,14-32)18-9-19(26)11-20(27)10-18/h4-5,7-12,32H,2-3,6,13-14H2,1H3/b17-7+. The van der Waals surface area contributed by atoms with E-state index >= 15 is 0 Å². The largest absolute Gasteiger partial charge is 0.483 e. The molecule has 1 atom stereocenters. The van der Waals surface area contributed by atoms with Crippen molar-refractivity contribution in [3.05, 3.63) is 82.4 Å². The molecular weight excluding hydrogens is 442 g/mol. The van der Waals surface area contributed by atoms with Crippen molar-refractivity contribution in [1.82, 2.24) is 14.5 Å². The lowest BCUT2D eigenvalue weighted by Crippen LogP contribution is -2.51. The lowest BCUT2D eigenvalue weighted by atomic mass is 9.94. The molecule has 0 aliphatic carbocycles. The van der Waals surface area contributed by atoms with Crippen LogP contribution in [0.4, 0.5) is 8.78 Å². The van der Waals surface area contributed by atoms with Crippen molar-refractivity contribution in [2.24, 2.45) is 5.16 Å². The highest BCUT2D eigenvalue weighted by molar-refractivity contribution is 6.03. The average Bonchev–Trinajstić information content (AvgIpc) is 3.39. The SMILES string of the molecule is Cc1cn2c(n1)COc1cc(/C=C3\CCCN4C3=NOC4(CO)c3cc(F)cc(F)c3)ccc1-2. The van der Waals surface area contributed by atoms with Gasteiger partial charge in [-0.25, -0.2) is 13.8 Å². The first kappa shape index (κ1) is 20.9. The quantitative estimate of drug-likeness (QED) is 0.634. The predicted molar refractivity (Wildman–Crippen MR) is 120 cm³/mol. The second-order valence-electron chi connectivity index (χ2n) is 8.72. The molecule has 3 aromatic rings. The zero-order valence-electron chi connectivity index (χ0n) is 18.5. The maximum absolute atomic E-state index is 13.9. The molecule has 2 aromatic carbocycles. The Hall–Kier alpha value is -3.72. The van der Waals surface area contributed by atoms with Gasteiger partial charge < -0.3 is 19.6 Å². The molecule has 1 N–H and O–H groups in total. The molecule has 1 aromatic heterocycles. The number of amidine groups is 1. The molecule has 0 spiro atoms. The van der Waals surface area contributed by atoms with Gasteiger partial charge in [0.25, 0.3) is 5.72 Å². The minimum Gasteiger partial charge on any atom is -0.483 e. The maximum Gasteiger partial charge on any atom is 0.260 e. The molecule has 1 unspecified atom stereocenters. The first-order valence-corrected chi connectivity index (χ1v) is 11.1. The van der Waals surface area contributed by atoms with Crippen LogP contribution in [0.25, 0.3) is 11.8 Å². The number of piperidine rings is 1. The number of hydrogen-bond donors (Lipinski definition) is 1. The number of imidazole rings is 1.